The van der Waals surface area contributed by atoms with Crippen LogP contribution in [0.2, 0.25) is 5.02 Å². The highest BCUT2D eigenvalue weighted by Gasteiger charge is 2.67. The minimum Gasteiger partial charge on any atom is -0.503 e. The summed E-state index contributed by atoms with van der Waals surface area (Å²) in [6, 6.07) is 3.05. The Balaban J connectivity index is 1.44. The largest absolute Gasteiger partial charge is 0.503 e. The Bertz CT molecular complexity index is 860. The zero-order valence-electron chi connectivity index (χ0n) is 14.0. The molecule has 0 aromatic heterocycles. The Hall–Kier alpha value is -2.34. The first kappa shape index (κ1) is 15.9. The van der Waals surface area contributed by atoms with Crippen molar-refractivity contribution < 1.29 is 19.4 Å². The quantitative estimate of drug-likeness (QED) is 0.502. The number of rotatable bonds is 3. The summed E-state index contributed by atoms with van der Waals surface area (Å²) in [6.45, 7) is 0. The zero-order valence-corrected chi connectivity index (χ0v) is 14.8. The number of hydrogen-bond donors (Lipinski definition) is 1. The van der Waals surface area contributed by atoms with E-state index < -0.39 is 0 Å². The van der Waals surface area contributed by atoms with E-state index in [1.165, 1.54) is 19.4 Å². The standard InChI is InChI=1S/C19H17ClN2O4/c1-26-14-5-8(4-13(20)17(14)23)7-21-22-18(24)15-9-2-3-10(12-6-11(9)12)16(15)19(22)25/h2-5,7,9-12,15-16,23H,6H2,1H3. The van der Waals surface area contributed by atoms with E-state index in [1.807, 2.05) is 0 Å². The van der Waals surface area contributed by atoms with Gasteiger partial charge in [-0.25, -0.2) is 0 Å². The third kappa shape index (κ3) is 2.02. The molecular formula is C19H17ClN2O4. The van der Waals surface area contributed by atoms with Gasteiger partial charge in [0.2, 0.25) is 0 Å². The Labute approximate surface area is 155 Å². The lowest BCUT2D eigenvalue weighted by atomic mass is 9.63. The molecule has 5 aliphatic rings. The van der Waals surface area contributed by atoms with Crippen molar-refractivity contribution in [3.8, 4) is 11.5 Å². The molecule has 2 bridgehead atoms. The van der Waals surface area contributed by atoms with Crippen LogP contribution in [0.5, 0.6) is 11.5 Å². The molecule has 6 nitrogen and oxygen atoms in total. The number of allylic oxidation sites excluding steroid dienone is 2. The van der Waals surface area contributed by atoms with Crippen LogP contribution >= 0.6 is 11.6 Å². The molecule has 2 saturated carbocycles. The number of aromatic hydroxyl groups is 1. The van der Waals surface area contributed by atoms with Crippen molar-refractivity contribution in [2.45, 2.75) is 6.42 Å². The molecule has 6 atom stereocenters. The van der Waals surface area contributed by atoms with Crippen LogP contribution in [0.3, 0.4) is 0 Å². The minimum absolute atomic E-state index is 0.112. The average molecular weight is 373 g/mol. The maximum Gasteiger partial charge on any atom is 0.254 e. The molecule has 7 heteroatoms. The number of hydrazone groups is 1. The summed E-state index contributed by atoms with van der Waals surface area (Å²) in [5, 5.41) is 15.1. The molecule has 4 aliphatic carbocycles. The Morgan fingerprint density at radius 2 is 1.81 bits per heavy atom. The van der Waals surface area contributed by atoms with Crippen molar-refractivity contribution >= 4 is 29.6 Å². The minimum atomic E-state index is -0.267. The van der Waals surface area contributed by atoms with Gasteiger partial charge in [-0.15, -0.1) is 0 Å². The van der Waals surface area contributed by atoms with Crippen LogP contribution in [0.4, 0.5) is 0 Å². The third-order valence-corrected chi connectivity index (χ3v) is 6.52. The fourth-order valence-electron chi connectivity index (χ4n) is 5.00. The van der Waals surface area contributed by atoms with E-state index in [1.54, 1.807) is 6.07 Å². The number of phenols is 1. The fraction of sp³-hybridized carbons (Fsp3) is 0.421. The molecule has 3 fully saturated rings. The van der Waals surface area contributed by atoms with Gasteiger partial charge in [0, 0.05) is 0 Å². The number of nitrogens with zero attached hydrogens (tertiary/aromatic N) is 2. The van der Waals surface area contributed by atoms with E-state index in [4.69, 9.17) is 16.3 Å². The average Bonchev–Trinajstić information content (AvgIpc) is 3.41. The lowest BCUT2D eigenvalue weighted by molar-refractivity contribution is -0.140. The van der Waals surface area contributed by atoms with Crippen molar-refractivity contribution in [1.29, 1.82) is 0 Å². The molecular weight excluding hydrogens is 356 g/mol. The molecule has 0 radical (unpaired) electrons. The normalized spacial score (nSPS) is 36.6. The topological polar surface area (TPSA) is 79.2 Å². The number of amides is 2. The highest BCUT2D eigenvalue weighted by molar-refractivity contribution is 6.32. The molecule has 6 unspecified atom stereocenters. The van der Waals surface area contributed by atoms with Gasteiger partial charge < -0.3 is 9.84 Å². The Kier molecular flexibility index (Phi) is 3.26. The van der Waals surface area contributed by atoms with Crippen LogP contribution in [0, 0.1) is 35.5 Å². The highest BCUT2D eigenvalue weighted by atomic mass is 35.5. The second-order valence-corrected chi connectivity index (χ2v) is 7.85. The fourth-order valence-corrected chi connectivity index (χ4v) is 5.22. The molecule has 1 saturated heterocycles. The number of ether oxygens (including phenoxy) is 1. The molecule has 2 amide bonds. The monoisotopic (exact) mass is 372 g/mol. The van der Waals surface area contributed by atoms with Crippen molar-refractivity contribution in [2.24, 2.45) is 40.6 Å². The summed E-state index contributed by atoms with van der Waals surface area (Å²) >= 11 is 5.97. The van der Waals surface area contributed by atoms with Gasteiger partial charge in [0.25, 0.3) is 11.8 Å². The summed E-state index contributed by atoms with van der Waals surface area (Å²) in [5.41, 5.74) is 0.532. The molecule has 1 heterocycles. The SMILES string of the molecule is COc1cc(C=NN2C(=O)C3C4C=CC(C5CC45)C3C2=O)cc(Cl)c1O. The Morgan fingerprint density at radius 1 is 1.19 bits per heavy atom. The predicted molar refractivity (Wildman–Crippen MR) is 93.8 cm³/mol. The lowest BCUT2D eigenvalue weighted by Gasteiger charge is -2.37. The van der Waals surface area contributed by atoms with Gasteiger partial charge in [-0.3, -0.25) is 9.59 Å². The first-order chi connectivity index (χ1) is 12.5. The van der Waals surface area contributed by atoms with Crippen molar-refractivity contribution in [3.05, 3.63) is 34.9 Å². The highest BCUT2D eigenvalue weighted by Crippen LogP contribution is 2.65. The number of carbonyl (C=O) groups excluding carboxylic acids is 2. The summed E-state index contributed by atoms with van der Waals surface area (Å²) in [4.78, 5) is 25.7. The van der Waals surface area contributed by atoms with Crippen molar-refractivity contribution in [3.63, 3.8) is 0 Å². The van der Waals surface area contributed by atoms with E-state index in [0.717, 1.165) is 11.4 Å². The second-order valence-electron chi connectivity index (χ2n) is 7.44. The molecule has 0 spiro atoms. The van der Waals surface area contributed by atoms with Crippen LogP contribution in [0.25, 0.3) is 0 Å². The van der Waals surface area contributed by atoms with E-state index >= 15 is 0 Å². The second kappa shape index (κ2) is 5.33. The predicted octanol–water partition coefficient (Wildman–Crippen LogP) is 2.44. The van der Waals surface area contributed by atoms with Gasteiger partial charge in [0.1, 0.15) is 0 Å². The molecule has 1 aliphatic heterocycles. The van der Waals surface area contributed by atoms with E-state index in [2.05, 4.69) is 17.3 Å². The number of methoxy groups -OCH3 is 1. The van der Waals surface area contributed by atoms with Crippen LogP contribution in [0.15, 0.2) is 29.4 Å². The third-order valence-electron chi connectivity index (χ3n) is 6.23. The van der Waals surface area contributed by atoms with Crippen LogP contribution < -0.4 is 4.74 Å². The summed E-state index contributed by atoms with van der Waals surface area (Å²) < 4.78 is 5.06. The first-order valence-corrected chi connectivity index (χ1v) is 9.05. The maximum atomic E-state index is 12.8. The van der Waals surface area contributed by atoms with Gasteiger partial charge in [0.05, 0.1) is 30.2 Å². The number of hydrogen-bond acceptors (Lipinski definition) is 5. The van der Waals surface area contributed by atoms with E-state index in [0.29, 0.717) is 17.4 Å². The van der Waals surface area contributed by atoms with Crippen LogP contribution in [-0.2, 0) is 9.59 Å². The number of phenolic OH excluding ortho intramolecular Hbond substituents is 1. The number of benzene rings is 1. The van der Waals surface area contributed by atoms with Gasteiger partial charge >= 0.3 is 0 Å². The molecule has 134 valence electrons. The summed E-state index contributed by atoms with van der Waals surface area (Å²) in [6.07, 6.45) is 6.79. The number of imide groups is 1. The lowest BCUT2D eigenvalue weighted by Crippen LogP contribution is -2.40. The smallest absolute Gasteiger partial charge is 0.254 e. The molecule has 1 N–H and O–H groups in total. The summed E-state index contributed by atoms with van der Waals surface area (Å²) in [7, 11) is 1.42. The van der Waals surface area contributed by atoms with Crippen molar-refractivity contribution in [2.75, 3.05) is 7.11 Å². The Morgan fingerprint density at radius 3 is 2.38 bits per heavy atom. The van der Waals surface area contributed by atoms with Crippen LogP contribution in [0.1, 0.15) is 12.0 Å². The van der Waals surface area contributed by atoms with Crippen molar-refractivity contribution in [1.82, 2.24) is 5.01 Å². The maximum absolute atomic E-state index is 12.8. The van der Waals surface area contributed by atoms with Crippen LogP contribution in [-0.4, -0.2) is 35.3 Å². The van der Waals surface area contributed by atoms with Gasteiger partial charge in [-0.1, -0.05) is 23.8 Å². The van der Waals surface area contributed by atoms with Gasteiger partial charge in [-0.2, -0.15) is 10.1 Å². The van der Waals surface area contributed by atoms with Gasteiger partial charge in [0.15, 0.2) is 11.5 Å². The molecule has 1 aromatic rings. The molecule has 6 rings (SSSR count). The molecule has 26 heavy (non-hydrogen) atoms. The summed E-state index contributed by atoms with van der Waals surface area (Å²) in [5.74, 6) is 0.564. The number of halogens is 1. The first-order valence-electron chi connectivity index (χ1n) is 8.68. The zero-order chi connectivity index (χ0) is 18.2. The van der Waals surface area contributed by atoms with E-state index in [9.17, 15) is 14.7 Å². The van der Waals surface area contributed by atoms with Gasteiger partial charge in [-0.05, 0) is 47.8 Å². The van der Waals surface area contributed by atoms with E-state index in [-0.39, 0.29) is 52.0 Å². The number of carbonyl (C=O) groups is 2. The molecule has 1 aromatic carbocycles.